The summed E-state index contributed by atoms with van der Waals surface area (Å²) in [6.45, 7) is 6.01. The van der Waals surface area contributed by atoms with Crippen molar-refractivity contribution < 1.29 is 23.5 Å². The van der Waals surface area contributed by atoms with E-state index in [1.165, 1.54) is 12.5 Å². The molecule has 1 aliphatic heterocycles. The Balaban J connectivity index is 1.53. The van der Waals surface area contributed by atoms with Crippen LogP contribution in [0.15, 0.2) is 41.2 Å². The molecule has 0 saturated carbocycles. The average Bonchev–Trinajstić information content (AvgIpc) is 3.46. The standard InChI is InChI=1S/C23H23N3O5/c1-4-31-23(29)19-13(2)20(24-14(19)3)21(27)25-17-5-6-18-15(11-17)7-9-26(18)22(28)16-8-10-30-12-16/h5-6,8,10-12,24H,4,7,9H2,1-3H3,(H,25,27). The number of aromatic nitrogens is 1. The van der Waals surface area contributed by atoms with Crippen LogP contribution in [0.25, 0.3) is 0 Å². The number of hydrogen-bond donors (Lipinski definition) is 2. The predicted molar refractivity (Wildman–Crippen MR) is 115 cm³/mol. The number of carbonyl (C=O) groups excluding carboxylic acids is 3. The van der Waals surface area contributed by atoms with Gasteiger partial charge in [0, 0.05) is 23.6 Å². The number of rotatable bonds is 5. The molecule has 0 atom stereocenters. The van der Waals surface area contributed by atoms with Gasteiger partial charge in [-0.25, -0.2) is 4.79 Å². The van der Waals surface area contributed by atoms with Crippen molar-refractivity contribution in [1.82, 2.24) is 4.98 Å². The molecule has 31 heavy (non-hydrogen) atoms. The minimum Gasteiger partial charge on any atom is -0.472 e. The van der Waals surface area contributed by atoms with Crippen LogP contribution in [0, 0.1) is 13.8 Å². The Morgan fingerprint density at radius 1 is 1.23 bits per heavy atom. The maximum absolute atomic E-state index is 12.8. The first-order chi connectivity index (χ1) is 14.9. The molecule has 3 heterocycles. The quantitative estimate of drug-likeness (QED) is 0.609. The highest BCUT2D eigenvalue weighted by Crippen LogP contribution is 2.32. The molecule has 0 saturated heterocycles. The lowest BCUT2D eigenvalue weighted by Crippen LogP contribution is -2.28. The van der Waals surface area contributed by atoms with E-state index < -0.39 is 5.97 Å². The van der Waals surface area contributed by atoms with Gasteiger partial charge in [0.1, 0.15) is 12.0 Å². The van der Waals surface area contributed by atoms with Gasteiger partial charge in [0.15, 0.2) is 0 Å². The molecular formula is C23H23N3O5. The minimum atomic E-state index is -0.451. The van der Waals surface area contributed by atoms with E-state index in [2.05, 4.69) is 10.3 Å². The molecule has 0 fully saturated rings. The Morgan fingerprint density at radius 2 is 2.03 bits per heavy atom. The van der Waals surface area contributed by atoms with Crippen LogP contribution in [0.4, 0.5) is 11.4 Å². The zero-order chi connectivity index (χ0) is 22.1. The van der Waals surface area contributed by atoms with E-state index in [0.717, 1.165) is 11.3 Å². The molecule has 0 aliphatic carbocycles. The summed E-state index contributed by atoms with van der Waals surface area (Å²) in [5.74, 6) is -0.915. The van der Waals surface area contributed by atoms with Crippen LogP contribution in [-0.4, -0.2) is 35.9 Å². The van der Waals surface area contributed by atoms with Gasteiger partial charge in [0.25, 0.3) is 11.8 Å². The van der Waals surface area contributed by atoms with Gasteiger partial charge in [-0.3, -0.25) is 9.59 Å². The first kappa shape index (κ1) is 20.5. The van der Waals surface area contributed by atoms with Crippen molar-refractivity contribution in [1.29, 1.82) is 0 Å². The molecular weight excluding hydrogens is 398 g/mol. The predicted octanol–water partition coefficient (Wildman–Crippen LogP) is 3.86. The molecule has 4 rings (SSSR count). The number of esters is 1. The van der Waals surface area contributed by atoms with Crippen molar-refractivity contribution >= 4 is 29.2 Å². The summed E-state index contributed by atoms with van der Waals surface area (Å²) in [6, 6.07) is 7.09. The van der Waals surface area contributed by atoms with Crippen LogP contribution >= 0.6 is 0 Å². The van der Waals surface area contributed by atoms with Crippen molar-refractivity contribution in [3.63, 3.8) is 0 Å². The summed E-state index contributed by atoms with van der Waals surface area (Å²) in [7, 11) is 0. The summed E-state index contributed by atoms with van der Waals surface area (Å²) in [6.07, 6.45) is 3.59. The molecule has 0 spiro atoms. The number of aromatic amines is 1. The van der Waals surface area contributed by atoms with Crippen LogP contribution in [0.1, 0.15) is 54.9 Å². The second kappa shape index (κ2) is 8.14. The lowest BCUT2D eigenvalue weighted by molar-refractivity contribution is 0.0524. The van der Waals surface area contributed by atoms with Crippen molar-refractivity contribution in [2.45, 2.75) is 27.2 Å². The largest absolute Gasteiger partial charge is 0.472 e. The fourth-order valence-corrected chi connectivity index (χ4v) is 3.91. The number of amides is 2. The molecule has 8 nitrogen and oxygen atoms in total. The van der Waals surface area contributed by atoms with Gasteiger partial charge in [-0.1, -0.05) is 0 Å². The normalized spacial score (nSPS) is 12.5. The molecule has 8 heteroatoms. The molecule has 1 aliphatic rings. The summed E-state index contributed by atoms with van der Waals surface area (Å²) < 4.78 is 10.1. The summed E-state index contributed by atoms with van der Waals surface area (Å²) in [5, 5.41) is 2.87. The SMILES string of the molecule is CCOC(=O)c1c(C)[nH]c(C(=O)Nc2ccc3c(c2)CCN3C(=O)c2ccoc2)c1C. The molecule has 3 aromatic rings. The maximum atomic E-state index is 12.8. The van der Waals surface area contributed by atoms with E-state index in [4.69, 9.17) is 9.15 Å². The highest BCUT2D eigenvalue weighted by atomic mass is 16.5. The van der Waals surface area contributed by atoms with Crippen molar-refractivity contribution in [3.8, 4) is 0 Å². The van der Waals surface area contributed by atoms with E-state index in [0.29, 0.717) is 46.7 Å². The lowest BCUT2D eigenvalue weighted by Gasteiger charge is -2.16. The smallest absolute Gasteiger partial charge is 0.340 e. The monoisotopic (exact) mass is 421 g/mol. The number of benzene rings is 1. The first-order valence-electron chi connectivity index (χ1n) is 10.0. The van der Waals surface area contributed by atoms with Crippen LogP contribution in [-0.2, 0) is 11.2 Å². The zero-order valence-corrected chi connectivity index (χ0v) is 17.6. The second-order valence-electron chi connectivity index (χ2n) is 7.36. The third-order valence-corrected chi connectivity index (χ3v) is 5.39. The molecule has 0 radical (unpaired) electrons. The fourth-order valence-electron chi connectivity index (χ4n) is 3.91. The van der Waals surface area contributed by atoms with E-state index in [1.807, 2.05) is 12.1 Å². The van der Waals surface area contributed by atoms with Crippen molar-refractivity contribution in [2.24, 2.45) is 0 Å². The minimum absolute atomic E-state index is 0.117. The van der Waals surface area contributed by atoms with Crippen molar-refractivity contribution in [2.75, 3.05) is 23.4 Å². The van der Waals surface area contributed by atoms with Gasteiger partial charge in [-0.05, 0) is 62.6 Å². The molecule has 2 N–H and O–H groups in total. The van der Waals surface area contributed by atoms with E-state index >= 15 is 0 Å². The Morgan fingerprint density at radius 3 is 2.74 bits per heavy atom. The van der Waals surface area contributed by atoms with E-state index in [-0.39, 0.29) is 18.4 Å². The number of nitrogens with one attached hydrogen (secondary N) is 2. The highest BCUT2D eigenvalue weighted by molar-refractivity contribution is 6.08. The van der Waals surface area contributed by atoms with Gasteiger partial charge in [0.05, 0.1) is 24.0 Å². The summed E-state index contributed by atoms with van der Waals surface area (Å²) >= 11 is 0. The number of nitrogens with zero attached hydrogens (tertiary/aromatic N) is 1. The van der Waals surface area contributed by atoms with Crippen LogP contribution in [0.3, 0.4) is 0 Å². The Kier molecular flexibility index (Phi) is 5.37. The van der Waals surface area contributed by atoms with Crippen LogP contribution in [0.2, 0.25) is 0 Å². The zero-order valence-electron chi connectivity index (χ0n) is 17.6. The Hall–Kier alpha value is -3.81. The highest BCUT2D eigenvalue weighted by Gasteiger charge is 2.27. The number of furan rings is 1. The molecule has 2 aromatic heterocycles. The van der Waals surface area contributed by atoms with E-state index in [9.17, 15) is 14.4 Å². The summed E-state index contributed by atoms with van der Waals surface area (Å²) in [4.78, 5) is 42.3. The number of carbonyl (C=O) groups is 3. The molecule has 1 aromatic carbocycles. The van der Waals surface area contributed by atoms with Gasteiger partial charge in [0.2, 0.25) is 0 Å². The number of anilines is 2. The molecule has 0 bridgehead atoms. The van der Waals surface area contributed by atoms with E-state index in [1.54, 1.807) is 37.8 Å². The topological polar surface area (TPSA) is 105 Å². The maximum Gasteiger partial charge on any atom is 0.340 e. The number of aryl methyl sites for hydroxylation is 1. The number of hydrogen-bond acceptors (Lipinski definition) is 5. The summed E-state index contributed by atoms with van der Waals surface area (Å²) in [5.41, 5.74) is 4.75. The van der Waals surface area contributed by atoms with Crippen LogP contribution < -0.4 is 10.2 Å². The third kappa shape index (κ3) is 3.72. The van der Waals surface area contributed by atoms with Gasteiger partial charge in [-0.15, -0.1) is 0 Å². The molecule has 160 valence electrons. The Labute approximate surface area is 179 Å². The van der Waals surface area contributed by atoms with Gasteiger partial charge < -0.3 is 24.4 Å². The van der Waals surface area contributed by atoms with Crippen LogP contribution in [0.5, 0.6) is 0 Å². The number of fused-ring (bicyclic) bond motifs is 1. The number of H-pyrrole nitrogens is 1. The van der Waals surface area contributed by atoms with Crippen molar-refractivity contribution in [3.05, 3.63) is 70.4 Å². The third-order valence-electron chi connectivity index (χ3n) is 5.39. The first-order valence-corrected chi connectivity index (χ1v) is 10.0. The Bertz CT molecular complexity index is 1160. The second-order valence-corrected chi connectivity index (χ2v) is 7.36. The van der Waals surface area contributed by atoms with Gasteiger partial charge in [-0.2, -0.15) is 0 Å². The molecule has 2 amide bonds. The fraction of sp³-hybridized carbons (Fsp3) is 0.261. The lowest BCUT2D eigenvalue weighted by atomic mass is 10.1. The number of ether oxygens (including phenoxy) is 1. The average molecular weight is 421 g/mol. The molecule has 0 unspecified atom stereocenters. The van der Waals surface area contributed by atoms with Gasteiger partial charge >= 0.3 is 5.97 Å².